The average molecular weight is 345 g/mol. The van der Waals surface area contributed by atoms with E-state index in [1.165, 1.54) is 5.56 Å². The van der Waals surface area contributed by atoms with Crippen LogP contribution in [0.3, 0.4) is 0 Å². The molecule has 0 aliphatic carbocycles. The highest BCUT2D eigenvalue weighted by Crippen LogP contribution is 2.25. The molecule has 4 nitrogen and oxygen atoms in total. The second-order valence-electron chi connectivity index (χ2n) is 5.44. The topological polar surface area (TPSA) is 47.6 Å². The van der Waals surface area contributed by atoms with Crippen LogP contribution in [0.1, 0.15) is 21.5 Å². The lowest BCUT2D eigenvalue weighted by Crippen LogP contribution is -2.28. The summed E-state index contributed by atoms with van der Waals surface area (Å²) in [6.45, 7) is 4.91. The fourth-order valence-electron chi connectivity index (χ4n) is 2.37. The first-order valence-electron chi connectivity index (χ1n) is 7.75. The second kappa shape index (κ2) is 8.64. The fourth-order valence-corrected chi connectivity index (χ4v) is 2.80. The van der Waals surface area contributed by atoms with Crippen molar-refractivity contribution >= 4 is 17.7 Å². The van der Waals surface area contributed by atoms with Gasteiger partial charge in [0.05, 0.1) is 19.2 Å². The van der Waals surface area contributed by atoms with Crippen molar-refractivity contribution in [3.8, 4) is 11.5 Å². The molecule has 24 heavy (non-hydrogen) atoms. The highest BCUT2D eigenvalue weighted by atomic mass is 32.2. The van der Waals surface area contributed by atoms with E-state index in [9.17, 15) is 4.79 Å². The van der Waals surface area contributed by atoms with Gasteiger partial charge in [-0.15, -0.1) is 11.8 Å². The van der Waals surface area contributed by atoms with E-state index in [1.807, 2.05) is 44.4 Å². The molecule has 0 aliphatic rings. The van der Waals surface area contributed by atoms with Gasteiger partial charge in [0.2, 0.25) is 0 Å². The minimum absolute atomic E-state index is 0.163. The summed E-state index contributed by atoms with van der Waals surface area (Å²) in [4.78, 5) is 13.4. The van der Waals surface area contributed by atoms with Crippen molar-refractivity contribution in [2.24, 2.45) is 0 Å². The van der Waals surface area contributed by atoms with E-state index >= 15 is 0 Å². The molecule has 0 fully saturated rings. The molecule has 0 bridgehead atoms. The first kappa shape index (κ1) is 18.2. The Hall–Kier alpha value is -2.14. The molecule has 0 spiro atoms. The average Bonchev–Trinajstić information content (AvgIpc) is 2.59. The summed E-state index contributed by atoms with van der Waals surface area (Å²) in [5.41, 5.74) is 2.83. The third-order valence-electron chi connectivity index (χ3n) is 3.63. The van der Waals surface area contributed by atoms with Gasteiger partial charge in [-0.1, -0.05) is 17.7 Å². The van der Waals surface area contributed by atoms with E-state index in [-0.39, 0.29) is 5.91 Å². The van der Waals surface area contributed by atoms with Crippen molar-refractivity contribution < 1.29 is 14.3 Å². The van der Waals surface area contributed by atoms with Gasteiger partial charge in [-0.05, 0) is 49.9 Å². The summed E-state index contributed by atoms with van der Waals surface area (Å²) in [5.74, 6) is 1.26. The summed E-state index contributed by atoms with van der Waals surface area (Å²) in [7, 11) is 1.57. The third kappa shape index (κ3) is 4.68. The quantitative estimate of drug-likeness (QED) is 0.612. The third-order valence-corrected chi connectivity index (χ3v) is 4.35. The number of methoxy groups -OCH3 is 1. The number of amides is 1. The number of carbonyl (C=O) groups is 1. The van der Waals surface area contributed by atoms with Crippen LogP contribution in [0.25, 0.3) is 0 Å². The highest BCUT2D eigenvalue weighted by Gasteiger charge is 2.12. The van der Waals surface area contributed by atoms with Crippen LogP contribution in [0.4, 0.5) is 0 Å². The van der Waals surface area contributed by atoms with E-state index in [0.717, 1.165) is 16.2 Å². The summed E-state index contributed by atoms with van der Waals surface area (Å²) >= 11 is 1.61. The van der Waals surface area contributed by atoms with Gasteiger partial charge in [0, 0.05) is 4.90 Å². The minimum atomic E-state index is -0.163. The zero-order chi connectivity index (χ0) is 17.5. The molecule has 1 amide bonds. The lowest BCUT2D eigenvalue weighted by Gasteiger charge is -2.12. The van der Waals surface area contributed by atoms with Crippen LogP contribution < -0.4 is 14.8 Å². The summed E-state index contributed by atoms with van der Waals surface area (Å²) in [5, 5.41) is 2.86. The van der Waals surface area contributed by atoms with Gasteiger partial charge in [-0.3, -0.25) is 4.79 Å². The largest absolute Gasteiger partial charge is 0.496 e. The van der Waals surface area contributed by atoms with Gasteiger partial charge >= 0.3 is 0 Å². The van der Waals surface area contributed by atoms with Crippen molar-refractivity contribution in [3.63, 3.8) is 0 Å². The predicted molar refractivity (Wildman–Crippen MR) is 98.5 cm³/mol. The Morgan fingerprint density at radius 3 is 2.58 bits per heavy atom. The SMILES string of the molecule is COc1cc(SC)ccc1C(=O)NCCOc1ccc(C)cc1C. The van der Waals surface area contributed by atoms with Crippen LogP contribution in [0, 0.1) is 13.8 Å². The molecule has 2 rings (SSSR count). The Labute approximate surface area is 147 Å². The van der Waals surface area contributed by atoms with Crippen LogP contribution >= 0.6 is 11.8 Å². The van der Waals surface area contributed by atoms with Crippen LogP contribution in [0.5, 0.6) is 11.5 Å². The smallest absolute Gasteiger partial charge is 0.255 e. The minimum Gasteiger partial charge on any atom is -0.496 e. The van der Waals surface area contributed by atoms with Crippen LogP contribution in [0.2, 0.25) is 0 Å². The maximum atomic E-state index is 12.3. The first-order valence-corrected chi connectivity index (χ1v) is 8.98. The number of rotatable bonds is 7. The number of hydrogen-bond donors (Lipinski definition) is 1. The van der Waals surface area contributed by atoms with Gasteiger partial charge in [0.25, 0.3) is 5.91 Å². The molecule has 1 N–H and O–H groups in total. The molecule has 2 aromatic carbocycles. The maximum absolute atomic E-state index is 12.3. The predicted octanol–water partition coefficient (Wildman–Crippen LogP) is 3.84. The molecule has 0 atom stereocenters. The number of benzene rings is 2. The van der Waals surface area contributed by atoms with E-state index in [2.05, 4.69) is 11.4 Å². The second-order valence-corrected chi connectivity index (χ2v) is 6.32. The Kier molecular flexibility index (Phi) is 6.55. The number of hydrogen-bond acceptors (Lipinski definition) is 4. The van der Waals surface area contributed by atoms with Gasteiger partial charge < -0.3 is 14.8 Å². The zero-order valence-electron chi connectivity index (χ0n) is 14.5. The molecule has 0 saturated heterocycles. The molecular weight excluding hydrogens is 322 g/mol. The van der Waals surface area contributed by atoms with Crippen molar-refractivity contribution in [2.75, 3.05) is 26.5 Å². The molecule has 0 aliphatic heterocycles. The lowest BCUT2D eigenvalue weighted by atomic mass is 10.1. The lowest BCUT2D eigenvalue weighted by molar-refractivity contribution is 0.0944. The monoisotopic (exact) mass is 345 g/mol. The molecule has 2 aromatic rings. The molecular formula is C19H23NO3S. The Balaban J connectivity index is 1.89. The number of carbonyl (C=O) groups excluding carboxylic acids is 1. The van der Waals surface area contributed by atoms with Crippen molar-refractivity contribution in [1.29, 1.82) is 0 Å². The number of nitrogens with one attached hydrogen (secondary N) is 1. The number of aryl methyl sites for hydroxylation is 2. The highest BCUT2D eigenvalue weighted by molar-refractivity contribution is 7.98. The summed E-state index contributed by atoms with van der Waals surface area (Å²) in [6, 6.07) is 11.6. The van der Waals surface area contributed by atoms with E-state index in [0.29, 0.717) is 24.5 Å². The van der Waals surface area contributed by atoms with Crippen molar-refractivity contribution in [3.05, 3.63) is 53.1 Å². The Morgan fingerprint density at radius 2 is 1.92 bits per heavy atom. The molecule has 0 heterocycles. The molecule has 0 saturated carbocycles. The summed E-state index contributed by atoms with van der Waals surface area (Å²) in [6.07, 6.45) is 1.99. The Bertz CT molecular complexity index is 716. The van der Waals surface area contributed by atoms with Crippen molar-refractivity contribution in [2.45, 2.75) is 18.7 Å². The van der Waals surface area contributed by atoms with Gasteiger partial charge in [0.1, 0.15) is 18.1 Å². The Morgan fingerprint density at radius 1 is 1.12 bits per heavy atom. The summed E-state index contributed by atoms with van der Waals surface area (Å²) < 4.78 is 11.0. The van der Waals surface area contributed by atoms with Gasteiger partial charge in [0.15, 0.2) is 0 Å². The van der Waals surface area contributed by atoms with Gasteiger partial charge in [-0.2, -0.15) is 0 Å². The molecule has 5 heteroatoms. The van der Waals surface area contributed by atoms with Gasteiger partial charge in [-0.25, -0.2) is 0 Å². The number of thioether (sulfide) groups is 1. The van der Waals surface area contributed by atoms with E-state index < -0.39 is 0 Å². The maximum Gasteiger partial charge on any atom is 0.255 e. The standard InChI is InChI=1S/C19H23NO3S/c1-13-5-8-17(14(2)11-13)23-10-9-20-19(21)16-7-6-15(24-4)12-18(16)22-3/h5-8,11-12H,9-10H2,1-4H3,(H,20,21). The molecule has 0 unspecified atom stereocenters. The van der Waals surface area contributed by atoms with E-state index in [4.69, 9.17) is 9.47 Å². The molecule has 128 valence electrons. The number of ether oxygens (including phenoxy) is 2. The zero-order valence-corrected chi connectivity index (χ0v) is 15.3. The molecule has 0 aromatic heterocycles. The molecule has 0 radical (unpaired) electrons. The fraction of sp³-hybridized carbons (Fsp3) is 0.316. The van der Waals surface area contributed by atoms with Crippen molar-refractivity contribution in [1.82, 2.24) is 5.32 Å². The normalized spacial score (nSPS) is 10.3. The van der Waals surface area contributed by atoms with E-state index in [1.54, 1.807) is 24.9 Å². The van der Waals surface area contributed by atoms with Crippen LogP contribution in [-0.4, -0.2) is 32.4 Å². The van der Waals surface area contributed by atoms with Crippen LogP contribution in [-0.2, 0) is 0 Å². The first-order chi connectivity index (χ1) is 11.5. The van der Waals surface area contributed by atoms with Crippen LogP contribution in [0.15, 0.2) is 41.3 Å².